The number of nitrogens with one attached hydrogen (secondary N) is 1. The van der Waals surface area contributed by atoms with Crippen LogP contribution in [0.25, 0.3) is 0 Å². The van der Waals surface area contributed by atoms with Crippen LogP contribution < -0.4 is 10.2 Å². The lowest BCUT2D eigenvalue weighted by Gasteiger charge is -2.23. The molecule has 134 valence electrons. The van der Waals surface area contributed by atoms with Gasteiger partial charge >= 0.3 is 5.97 Å². The summed E-state index contributed by atoms with van der Waals surface area (Å²) < 4.78 is 5.35. The highest BCUT2D eigenvalue weighted by Crippen LogP contribution is 2.38. The third-order valence-corrected chi connectivity index (χ3v) is 4.93. The summed E-state index contributed by atoms with van der Waals surface area (Å²) in [5, 5.41) is 11.9. The molecule has 2 heterocycles. The van der Waals surface area contributed by atoms with Crippen LogP contribution in [0, 0.1) is 0 Å². The standard InChI is InChI=1S/C20H20N2O4/c23-19(17-9-10-18(26-17)20(24)25)21-14-6-2-4-8-16(14)22-12-11-13-5-1-3-7-15(13)22/h1-8,17-18H,9-12H2,(H,21,23)(H,24,25)/t17-,18+/m0/s1. The molecule has 0 aliphatic carbocycles. The molecule has 0 radical (unpaired) electrons. The van der Waals surface area contributed by atoms with E-state index in [1.54, 1.807) is 0 Å². The van der Waals surface area contributed by atoms with Crippen molar-refractivity contribution in [2.45, 2.75) is 31.5 Å². The Balaban J connectivity index is 1.54. The number of hydrogen-bond donors (Lipinski definition) is 2. The number of aliphatic carboxylic acids is 1. The highest BCUT2D eigenvalue weighted by Gasteiger charge is 2.35. The molecule has 2 aromatic carbocycles. The van der Waals surface area contributed by atoms with Crippen LogP contribution in [0.15, 0.2) is 48.5 Å². The van der Waals surface area contributed by atoms with Gasteiger partial charge in [-0.05, 0) is 43.0 Å². The molecule has 2 aliphatic heterocycles. The predicted octanol–water partition coefficient (Wildman–Crippen LogP) is 2.95. The van der Waals surface area contributed by atoms with Crippen molar-refractivity contribution in [2.75, 3.05) is 16.8 Å². The molecule has 2 N–H and O–H groups in total. The Kier molecular flexibility index (Phi) is 4.34. The van der Waals surface area contributed by atoms with Crippen molar-refractivity contribution in [2.24, 2.45) is 0 Å². The summed E-state index contributed by atoms with van der Waals surface area (Å²) >= 11 is 0. The quantitative estimate of drug-likeness (QED) is 0.884. The minimum atomic E-state index is -1.02. The number of amides is 1. The number of carboxylic acids is 1. The minimum absolute atomic E-state index is 0.298. The number of hydrogen-bond acceptors (Lipinski definition) is 4. The first-order chi connectivity index (χ1) is 12.6. The Morgan fingerprint density at radius 1 is 1.00 bits per heavy atom. The van der Waals surface area contributed by atoms with Gasteiger partial charge in [0, 0.05) is 12.2 Å². The van der Waals surface area contributed by atoms with E-state index in [-0.39, 0.29) is 5.91 Å². The molecule has 0 unspecified atom stereocenters. The van der Waals surface area contributed by atoms with Crippen LogP contribution in [0.4, 0.5) is 17.1 Å². The molecule has 2 aromatic rings. The van der Waals surface area contributed by atoms with E-state index in [0.717, 1.165) is 24.3 Å². The second-order valence-electron chi connectivity index (χ2n) is 6.57. The van der Waals surface area contributed by atoms with Gasteiger partial charge in [-0.15, -0.1) is 0 Å². The van der Waals surface area contributed by atoms with Gasteiger partial charge in [0.05, 0.1) is 11.4 Å². The lowest BCUT2D eigenvalue weighted by atomic mass is 10.1. The van der Waals surface area contributed by atoms with E-state index in [4.69, 9.17) is 9.84 Å². The molecule has 6 heteroatoms. The number of anilines is 3. The van der Waals surface area contributed by atoms with E-state index < -0.39 is 18.2 Å². The van der Waals surface area contributed by atoms with Gasteiger partial charge in [-0.2, -0.15) is 0 Å². The normalized spacial score (nSPS) is 21.5. The van der Waals surface area contributed by atoms with Crippen molar-refractivity contribution in [3.63, 3.8) is 0 Å². The average Bonchev–Trinajstić information content (AvgIpc) is 3.30. The predicted molar refractivity (Wildman–Crippen MR) is 97.8 cm³/mol. The van der Waals surface area contributed by atoms with Crippen molar-refractivity contribution in [1.82, 2.24) is 0 Å². The molecule has 1 amide bonds. The molecule has 26 heavy (non-hydrogen) atoms. The molecule has 0 saturated carbocycles. The number of benzene rings is 2. The monoisotopic (exact) mass is 352 g/mol. The zero-order chi connectivity index (χ0) is 18.1. The van der Waals surface area contributed by atoms with Gasteiger partial charge in [0.25, 0.3) is 5.91 Å². The van der Waals surface area contributed by atoms with Crippen LogP contribution in [0.3, 0.4) is 0 Å². The molecule has 6 nitrogen and oxygen atoms in total. The Hall–Kier alpha value is -2.86. The number of fused-ring (bicyclic) bond motifs is 1. The molecule has 2 aliphatic rings. The molecular formula is C20H20N2O4. The van der Waals surface area contributed by atoms with E-state index >= 15 is 0 Å². The average molecular weight is 352 g/mol. The molecule has 2 atom stereocenters. The second kappa shape index (κ2) is 6.80. The van der Waals surface area contributed by atoms with Crippen molar-refractivity contribution < 1.29 is 19.4 Å². The van der Waals surface area contributed by atoms with Gasteiger partial charge in [-0.3, -0.25) is 4.79 Å². The van der Waals surface area contributed by atoms with Crippen LogP contribution in [0.2, 0.25) is 0 Å². The van der Waals surface area contributed by atoms with Crippen LogP contribution >= 0.6 is 0 Å². The molecule has 1 fully saturated rings. The largest absolute Gasteiger partial charge is 0.479 e. The van der Waals surface area contributed by atoms with Crippen LogP contribution in [-0.4, -0.2) is 35.7 Å². The van der Waals surface area contributed by atoms with Gasteiger partial charge < -0.3 is 20.1 Å². The number of carbonyl (C=O) groups is 2. The molecule has 0 aromatic heterocycles. The summed E-state index contributed by atoms with van der Waals surface area (Å²) in [6.45, 7) is 0.854. The van der Waals surface area contributed by atoms with Gasteiger partial charge in [-0.1, -0.05) is 30.3 Å². The smallest absolute Gasteiger partial charge is 0.332 e. The molecular weight excluding hydrogens is 332 g/mol. The zero-order valence-electron chi connectivity index (χ0n) is 14.2. The van der Waals surface area contributed by atoms with Crippen LogP contribution in [-0.2, 0) is 20.7 Å². The summed E-state index contributed by atoms with van der Waals surface area (Å²) in [6, 6.07) is 15.9. The van der Waals surface area contributed by atoms with Crippen molar-refractivity contribution in [1.29, 1.82) is 0 Å². The fourth-order valence-corrected chi connectivity index (χ4v) is 3.63. The van der Waals surface area contributed by atoms with Crippen LogP contribution in [0.1, 0.15) is 18.4 Å². The summed E-state index contributed by atoms with van der Waals surface area (Å²) in [7, 11) is 0. The summed E-state index contributed by atoms with van der Waals surface area (Å²) in [4.78, 5) is 25.8. The number of para-hydroxylation sites is 3. The van der Waals surface area contributed by atoms with Gasteiger partial charge in [0.2, 0.25) is 0 Å². The fraction of sp³-hybridized carbons (Fsp3) is 0.300. The number of ether oxygens (including phenoxy) is 1. The highest BCUT2D eigenvalue weighted by molar-refractivity contribution is 5.98. The molecule has 0 spiro atoms. The van der Waals surface area contributed by atoms with Gasteiger partial charge in [0.15, 0.2) is 6.10 Å². The maximum atomic E-state index is 12.5. The Labute approximate surface area is 151 Å². The first-order valence-corrected chi connectivity index (χ1v) is 8.77. The van der Waals surface area contributed by atoms with Gasteiger partial charge in [0.1, 0.15) is 6.10 Å². The SMILES string of the molecule is O=C(Nc1ccccc1N1CCc2ccccc21)[C@@H]1CC[C@H](C(=O)O)O1. The number of carboxylic acid groups (broad SMARTS) is 1. The summed E-state index contributed by atoms with van der Waals surface area (Å²) in [5.74, 6) is -1.32. The third-order valence-electron chi connectivity index (χ3n) is 4.93. The number of carbonyl (C=O) groups excluding carboxylic acids is 1. The van der Waals surface area contributed by atoms with E-state index in [2.05, 4.69) is 22.3 Å². The highest BCUT2D eigenvalue weighted by atomic mass is 16.5. The Bertz CT molecular complexity index is 851. The number of nitrogens with zero attached hydrogens (tertiary/aromatic N) is 1. The van der Waals surface area contributed by atoms with E-state index in [1.165, 1.54) is 5.56 Å². The summed E-state index contributed by atoms with van der Waals surface area (Å²) in [5.41, 5.74) is 4.07. The van der Waals surface area contributed by atoms with Crippen molar-refractivity contribution in [3.8, 4) is 0 Å². The lowest BCUT2D eigenvalue weighted by molar-refractivity contribution is -0.150. The zero-order valence-corrected chi connectivity index (χ0v) is 14.2. The molecule has 4 rings (SSSR count). The maximum Gasteiger partial charge on any atom is 0.332 e. The third kappa shape index (κ3) is 3.04. The first-order valence-electron chi connectivity index (χ1n) is 8.77. The second-order valence-corrected chi connectivity index (χ2v) is 6.57. The van der Waals surface area contributed by atoms with Crippen molar-refractivity contribution in [3.05, 3.63) is 54.1 Å². The van der Waals surface area contributed by atoms with E-state index in [1.807, 2.05) is 36.4 Å². The minimum Gasteiger partial charge on any atom is -0.479 e. The Morgan fingerprint density at radius 3 is 2.46 bits per heavy atom. The number of rotatable bonds is 4. The fourth-order valence-electron chi connectivity index (χ4n) is 3.63. The molecule has 0 bridgehead atoms. The Morgan fingerprint density at radius 2 is 1.69 bits per heavy atom. The van der Waals surface area contributed by atoms with Crippen LogP contribution in [0.5, 0.6) is 0 Å². The topological polar surface area (TPSA) is 78.9 Å². The maximum absolute atomic E-state index is 12.5. The lowest BCUT2D eigenvalue weighted by Crippen LogP contribution is -2.30. The van der Waals surface area contributed by atoms with Gasteiger partial charge in [-0.25, -0.2) is 4.79 Å². The van der Waals surface area contributed by atoms with E-state index in [9.17, 15) is 9.59 Å². The molecule has 1 saturated heterocycles. The van der Waals surface area contributed by atoms with E-state index in [0.29, 0.717) is 18.5 Å². The summed E-state index contributed by atoms with van der Waals surface area (Å²) in [6.07, 6.45) is 0.109. The first kappa shape index (κ1) is 16.6. The van der Waals surface area contributed by atoms with Crippen molar-refractivity contribution >= 4 is 28.9 Å².